The second kappa shape index (κ2) is 4.13. The van der Waals surface area contributed by atoms with E-state index in [0.717, 1.165) is 24.8 Å². The molecule has 1 aromatic rings. The first-order chi connectivity index (χ1) is 6.75. The van der Waals surface area contributed by atoms with Crippen molar-refractivity contribution in [3.8, 4) is 0 Å². The van der Waals surface area contributed by atoms with E-state index in [1.165, 1.54) is 19.2 Å². The number of aromatic nitrogens is 2. The fourth-order valence-corrected chi connectivity index (χ4v) is 2.04. The van der Waals surface area contributed by atoms with Crippen LogP contribution >= 0.6 is 11.6 Å². The van der Waals surface area contributed by atoms with Crippen LogP contribution in [0.2, 0.25) is 5.15 Å². The lowest BCUT2D eigenvalue weighted by molar-refractivity contribution is 0.444. The Labute approximate surface area is 89.1 Å². The zero-order valence-corrected chi connectivity index (χ0v) is 9.04. The molecule has 0 aromatic carbocycles. The maximum absolute atomic E-state index is 5.82. The minimum absolute atomic E-state index is 0.522. The van der Waals surface area contributed by atoms with Crippen LogP contribution in [0.4, 0.5) is 5.82 Å². The average Bonchev–Trinajstić information content (AvgIpc) is 2.18. The van der Waals surface area contributed by atoms with Crippen LogP contribution in [-0.2, 0) is 0 Å². The van der Waals surface area contributed by atoms with Crippen molar-refractivity contribution in [2.75, 3.05) is 18.0 Å². The van der Waals surface area contributed by atoms with Crippen LogP contribution in [0, 0.1) is 5.92 Å². The van der Waals surface area contributed by atoms with E-state index in [9.17, 15) is 0 Å². The number of rotatable bonds is 1. The molecule has 2 heterocycles. The van der Waals surface area contributed by atoms with Gasteiger partial charge in [-0.05, 0) is 18.8 Å². The van der Waals surface area contributed by atoms with Crippen molar-refractivity contribution < 1.29 is 0 Å². The lowest BCUT2D eigenvalue weighted by Crippen LogP contribution is -2.34. The molecule has 0 saturated carbocycles. The molecule has 0 unspecified atom stereocenters. The summed E-state index contributed by atoms with van der Waals surface area (Å²) < 4.78 is 0. The molecule has 0 bridgehead atoms. The smallest absolute Gasteiger partial charge is 0.134 e. The molecule has 1 atom stereocenters. The lowest BCUT2D eigenvalue weighted by Gasteiger charge is -2.31. The van der Waals surface area contributed by atoms with Crippen LogP contribution < -0.4 is 4.90 Å². The maximum atomic E-state index is 5.82. The van der Waals surface area contributed by atoms with Crippen LogP contribution in [0.5, 0.6) is 0 Å². The summed E-state index contributed by atoms with van der Waals surface area (Å²) in [7, 11) is 0. The van der Waals surface area contributed by atoms with Gasteiger partial charge in [0.2, 0.25) is 0 Å². The van der Waals surface area contributed by atoms with Crippen LogP contribution in [-0.4, -0.2) is 23.1 Å². The Balaban J connectivity index is 2.14. The van der Waals surface area contributed by atoms with E-state index in [1.54, 1.807) is 0 Å². The summed E-state index contributed by atoms with van der Waals surface area (Å²) in [6, 6.07) is 1.83. The topological polar surface area (TPSA) is 29.0 Å². The third-order valence-electron chi connectivity index (χ3n) is 2.60. The highest BCUT2D eigenvalue weighted by molar-refractivity contribution is 6.29. The van der Waals surface area contributed by atoms with Crippen molar-refractivity contribution in [2.24, 2.45) is 5.92 Å². The van der Waals surface area contributed by atoms with E-state index in [1.807, 2.05) is 6.07 Å². The van der Waals surface area contributed by atoms with Gasteiger partial charge in [-0.25, -0.2) is 9.97 Å². The van der Waals surface area contributed by atoms with Crippen molar-refractivity contribution in [1.82, 2.24) is 9.97 Å². The summed E-state index contributed by atoms with van der Waals surface area (Å²) in [6.07, 6.45) is 4.08. The molecule has 0 radical (unpaired) electrons. The normalized spacial score (nSPS) is 22.4. The van der Waals surface area contributed by atoms with Crippen molar-refractivity contribution in [3.63, 3.8) is 0 Å². The molecule has 1 aliphatic heterocycles. The van der Waals surface area contributed by atoms with E-state index < -0.39 is 0 Å². The Morgan fingerprint density at radius 2 is 2.36 bits per heavy atom. The first-order valence-electron chi connectivity index (χ1n) is 4.98. The van der Waals surface area contributed by atoms with Gasteiger partial charge < -0.3 is 4.90 Å². The van der Waals surface area contributed by atoms with E-state index in [4.69, 9.17) is 11.6 Å². The SMILES string of the molecule is C[C@@H]1CCCN(c2cc(Cl)ncn2)C1. The van der Waals surface area contributed by atoms with Gasteiger partial charge in [0.15, 0.2) is 0 Å². The average molecular weight is 212 g/mol. The Morgan fingerprint density at radius 1 is 1.50 bits per heavy atom. The van der Waals surface area contributed by atoms with E-state index in [2.05, 4.69) is 21.8 Å². The van der Waals surface area contributed by atoms with Crippen molar-refractivity contribution >= 4 is 17.4 Å². The number of halogens is 1. The Kier molecular flexibility index (Phi) is 2.87. The number of anilines is 1. The maximum Gasteiger partial charge on any atom is 0.134 e. The monoisotopic (exact) mass is 211 g/mol. The van der Waals surface area contributed by atoms with Crippen LogP contribution in [0.3, 0.4) is 0 Å². The van der Waals surface area contributed by atoms with Gasteiger partial charge in [0.1, 0.15) is 17.3 Å². The van der Waals surface area contributed by atoms with Gasteiger partial charge in [0.25, 0.3) is 0 Å². The van der Waals surface area contributed by atoms with E-state index >= 15 is 0 Å². The molecule has 1 saturated heterocycles. The molecule has 1 fully saturated rings. The van der Waals surface area contributed by atoms with Gasteiger partial charge in [-0.1, -0.05) is 18.5 Å². The predicted molar refractivity (Wildman–Crippen MR) is 57.7 cm³/mol. The van der Waals surface area contributed by atoms with Crippen LogP contribution in [0.25, 0.3) is 0 Å². The highest BCUT2D eigenvalue weighted by atomic mass is 35.5. The zero-order valence-electron chi connectivity index (χ0n) is 8.28. The predicted octanol–water partition coefficient (Wildman–Crippen LogP) is 2.37. The minimum Gasteiger partial charge on any atom is -0.356 e. The van der Waals surface area contributed by atoms with Gasteiger partial charge in [0, 0.05) is 19.2 Å². The molecule has 0 N–H and O–H groups in total. The second-order valence-electron chi connectivity index (χ2n) is 3.89. The largest absolute Gasteiger partial charge is 0.356 e. The Hall–Kier alpha value is -0.830. The van der Waals surface area contributed by atoms with E-state index in [0.29, 0.717) is 5.15 Å². The summed E-state index contributed by atoms with van der Waals surface area (Å²) in [5, 5.41) is 0.522. The van der Waals surface area contributed by atoms with Crippen molar-refractivity contribution in [1.29, 1.82) is 0 Å². The number of nitrogens with zero attached hydrogens (tertiary/aromatic N) is 3. The lowest BCUT2D eigenvalue weighted by atomic mass is 10.0. The molecule has 4 heteroatoms. The molecule has 0 amide bonds. The summed E-state index contributed by atoms with van der Waals surface area (Å²) in [6.45, 7) is 4.43. The molecule has 76 valence electrons. The highest BCUT2D eigenvalue weighted by Gasteiger charge is 2.17. The van der Waals surface area contributed by atoms with Gasteiger partial charge in [-0.2, -0.15) is 0 Å². The molecule has 14 heavy (non-hydrogen) atoms. The van der Waals surface area contributed by atoms with Crippen LogP contribution in [0.1, 0.15) is 19.8 Å². The summed E-state index contributed by atoms with van der Waals surface area (Å²) >= 11 is 5.82. The highest BCUT2D eigenvalue weighted by Crippen LogP contribution is 2.21. The second-order valence-corrected chi connectivity index (χ2v) is 4.28. The molecule has 0 aliphatic carbocycles. The summed E-state index contributed by atoms with van der Waals surface area (Å²) in [4.78, 5) is 10.4. The molecule has 0 spiro atoms. The molecular formula is C10H14ClN3. The van der Waals surface area contributed by atoms with Crippen molar-refractivity contribution in [3.05, 3.63) is 17.5 Å². The van der Waals surface area contributed by atoms with Gasteiger partial charge >= 0.3 is 0 Å². The quantitative estimate of drug-likeness (QED) is 0.668. The fraction of sp³-hybridized carbons (Fsp3) is 0.600. The van der Waals surface area contributed by atoms with Crippen LogP contribution in [0.15, 0.2) is 12.4 Å². The van der Waals surface area contributed by atoms with Gasteiger partial charge in [-0.15, -0.1) is 0 Å². The van der Waals surface area contributed by atoms with Gasteiger partial charge in [0.05, 0.1) is 0 Å². The fourth-order valence-electron chi connectivity index (χ4n) is 1.89. The Bertz CT molecular complexity index is 316. The summed E-state index contributed by atoms with van der Waals surface area (Å²) in [5.41, 5.74) is 0. The number of piperidine rings is 1. The van der Waals surface area contributed by atoms with Gasteiger partial charge in [-0.3, -0.25) is 0 Å². The molecule has 2 rings (SSSR count). The molecular weight excluding hydrogens is 198 g/mol. The van der Waals surface area contributed by atoms with Crippen molar-refractivity contribution in [2.45, 2.75) is 19.8 Å². The molecule has 3 nitrogen and oxygen atoms in total. The third kappa shape index (κ3) is 2.15. The third-order valence-corrected chi connectivity index (χ3v) is 2.81. The summed E-state index contributed by atoms with van der Waals surface area (Å²) in [5.74, 6) is 1.70. The van der Waals surface area contributed by atoms with E-state index in [-0.39, 0.29) is 0 Å². The first kappa shape index (κ1) is 9.71. The molecule has 1 aliphatic rings. The first-order valence-corrected chi connectivity index (χ1v) is 5.36. The standard InChI is InChI=1S/C10H14ClN3/c1-8-3-2-4-14(6-8)10-5-9(11)12-7-13-10/h5,7-8H,2-4,6H2,1H3/t8-/m1/s1. The number of hydrogen-bond acceptors (Lipinski definition) is 3. The molecule has 1 aromatic heterocycles. The zero-order chi connectivity index (χ0) is 9.97. The Morgan fingerprint density at radius 3 is 3.07 bits per heavy atom. The number of hydrogen-bond donors (Lipinski definition) is 0. The minimum atomic E-state index is 0.522.